The van der Waals surface area contributed by atoms with Crippen molar-refractivity contribution in [2.45, 2.75) is 63.2 Å². The fourth-order valence-electron chi connectivity index (χ4n) is 3.62. The molecular formula is C17H24FNO2. The largest absolute Gasteiger partial charge is 0.490 e. The van der Waals surface area contributed by atoms with Gasteiger partial charge < -0.3 is 15.2 Å². The third-order valence-corrected chi connectivity index (χ3v) is 4.72. The molecule has 2 N–H and O–H groups in total. The third kappa shape index (κ3) is 3.22. The lowest BCUT2D eigenvalue weighted by molar-refractivity contribution is -0.108. The molecule has 2 fully saturated rings. The van der Waals surface area contributed by atoms with Gasteiger partial charge in [-0.3, -0.25) is 0 Å². The molecule has 2 atom stereocenters. The standard InChI is InChI=1S/C17H24FNO2/c1-12(19)15-5-4-13(18)10-16(15)21-14-6-9-20-17(11-14)7-2-3-8-17/h4-5,10,12,14H,2-3,6-9,11,19H2,1H3/t12-,14?/m0/s1. The monoisotopic (exact) mass is 293 g/mol. The topological polar surface area (TPSA) is 44.5 Å². The zero-order valence-corrected chi connectivity index (χ0v) is 12.6. The van der Waals surface area contributed by atoms with E-state index in [1.165, 1.54) is 25.0 Å². The number of rotatable bonds is 3. The van der Waals surface area contributed by atoms with Crippen molar-refractivity contribution in [3.8, 4) is 5.75 Å². The maximum atomic E-state index is 13.5. The molecule has 1 aliphatic heterocycles. The van der Waals surface area contributed by atoms with Gasteiger partial charge in [0, 0.05) is 30.5 Å². The highest BCUT2D eigenvalue weighted by molar-refractivity contribution is 5.36. The third-order valence-electron chi connectivity index (χ3n) is 4.72. The van der Waals surface area contributed by atoms with Gasteiger partial charge in [0.1, 0.15) is 17.7 Å². The van der Waals surface area contributed by atoms with Gasteiger partial charge in [-0.15, -0.1) is 0 Å². The Morgan fingerprint density at radius 2 is 2.14 bits per heavy atom. The Morgan fingerprint density at radius 1 is 1.38 bits per heavy atom. The van der Waals surface area contributed by atoms with Gasteiger partial charge in [0.2, 0.25) is 0 Å². The van der Waals surface area contributed by atoms with Crippen LogP contribution in [0.3, 0.4) is 0 Å². The minimum absolute atomic E-state index is 0.00470. The summed E-state index contributed by atoms with van der Waals surface area (Å²) >= 11 is 0. The van der Waals surface area contributed by atoms with Crippen LogP contribution < -0.4 is 10.5 Å². The van der Waals surface area contributed by atoms with Crippen molar-refractivity contribution in [2.75, 3.05) is 6.61 Å². The van der Waals surface area contributed by atoms with Crippen molar-refractivity contribution in [3.05, 3.63) is 29.6 Å². The van der Waals surface area contributed by atoms with Crippen LogP contribution in [0.15, 0.2) is 18.2 Å². The normalized spacial score (nSPS) is 26.0. The SMILES string of the molecule is C[C@H](N)c1ccc(F)cc1OC1CCOC2(CCCC2)C1. The molecule has 2 aliphatic rings. The van der Waals surface area contributed by atoms with Crippen molar-refractivity contribution < 1.29 is 13.9 Å². The molecule has 0 bridgehead atoms. The van der Waals surface area contributed by atoms with E-state index >= 15 is 0 Å². The van der Waals surface area contributed by atoms with Crippen LogP contribution in [-0.2, 0) is 4.74 Å². The van der Waals surface area contributed by atoms with E-state index in [9.17, 15) is 4.39 Å². The van der Waals surface area contributed by atoms with Crippen LogP contribution >= 0.6 is 0 Å². The van der Waals surface area contributed by atoms with Gasteiger partial charge in [-0.25, -0.2) is 4.39 Å². The predicted octanol–water partition coefficient (Wildman–Crippen LogP) is 3.72. The molecule has 0 radical (unpaired) electrons. The number of nitrogens with two attached hydrogens (primary N) is 1. The summed E-state index contributed by atoms with van der Waals surface area (Å²) in [5, 5.41) is 0. The van der Waals surface area contributed by atoms with Crippen LogP contribution in [0.25, 0.3) is 0 Å². The molecule has 1 unspecified atom stereocenters. The zero-order chi connectivity index (χ0) is 14.9. The molecular weight excluding hydrogens is 269 g/mol. The molecule has 1 aromatic rings. The number of halogens is 1. The van der Waals surface area contributed by atoms with Gasteiger partial charge in [0.25, 0.3) is 0 Å². The van der Waals surface area contributed by atoms with Crippen molar-refractivity contribution in [3.63, 3.8) is 0 Å². The minimum atomic E-state index is -0.281. The summed E-state index contributed by atoms with van der Waals surface area (Å²) in [6.45, 7) is 2.62. The molecule has 3 rings (SSSR count). The Labute approximate surface area is 125 Å². The van der Waals surface area contributed by atoms with Crippen LogP contribution in [0.1, 0.15) is 57.1 Å². The number of benzene rings is 1. The molecule has 3 nitrogen and oxygen atoms in total. The summed E-state index contributed by atoms with van der Waals surface area (Å²) in [5.74, 6) is 0.307. The molecule has 1 aliphatic carbocycles. The van der Waals surface area contributed by atoms with Gasteiger partial charge in [-0.1, -0.05) is 18.9 Å². The molecule has 116 valence electrons. The van der Waals surface area contributed by atoms with Gasteiger partial charge in [0.05, 0.1) is 12.2 Å². The van der Waals surface area contributed by atoms with E-state index in [0.717, 1.165) is 37.9 Å². The number of hydrogen-bond donors (Lipinski definition) is 1. The molecule has 0 aromatic heterocycles. The number of ether oxygens (including phenoxy) is 2. The summed E-state index contributed by atoms with van der Waals surface area (Å²) in [6.07, 6.45) is 6.57. The van der Waals surface area contributed by atoms with Crippen molar-refractivity contribution in [2.24, 2.45) is 5.73 Å². The van der Waals surface area contributed by atoms with Crippen LogP contribution in [-0.4, -0.2) is 18.3 Å². The van der Waals surface area contributed by atoms with Crippen LogP contribution in [0.2, 0.25) is 0 Å². The molecule has 1 spiro atoms. The van der Waals surface area contributed by atoms with E-state index in [-0.39, 0.29) is 23.6 Å². The summed E-state index contributed by atoms with van der Waals surface area (Å²) in [4.78, 5) is 0. The first kappa shape index (κ1) is 14.8. The van der Waals surface area contributed by atoms with E-state index in [1.54, 1.807) is 6.07 Å². The van der Waals surface area contributed by atoms with Crippen LogP contribution in [0, 0.1) is 5.82 Å². The lowest BCUT2D eigenvalue weighted by Gasteiger charge is -2.38. The summed E-state index contributed by atoms with van der Waals surface area (Å²) < 4.78 is 25.6. The number of hydrogen-bond acceptors (Lipinski definition) is 3. The summed E-state index contributed by atoms with van der Waals surface area (Å²) in [5.41, 5.74) is 6.83. The zero-order valence-electron chi connectivity index (χ0n) is 12.6. The smallest absolute Gasteiger partial charge is 0.127 e. The Balaban J connectivity index is 1.75. The lowest BCUT2D eigenvalue weighted by Crippen LogP contribution is -2.41. The van der Waals surface area contributed by atoms with Crippen molar-refractivity contribution in [1.29, 1.82) is 0 Å². The summed E-state index contributed by atoms with van der Waals surface area (Å²) in [6, 6.07) is 4.45. The molecule has 21 heavy (non-hydrogen) atoms. The van der Waals surface area contributed by atoms with E-state index in [0.29, 0.717) is 5.75 Å². The van der Waals surface area contributed by atoms with E-state index in [1.807, 2.05) is 6.92 Å². The Hall–Kier alpha value is -1.13. The first-order valence-corrected chi connectivity index (χ1v) is 7.94. The average molecular weight is 293 g/mol. The molecule has 1 saturated heterocycles. The van der Waals surface area contributed by atoms with Crippen LogP contribution in [0.5, 0.6) is 5.75 Å². The van der Waals surface area contributed by atoms with Gasteiger partial charge in [-0.2, -0.15) is 0 Å². The molecule has 0 amide bonds. The van der Waals surface area contributed by atoms with Gasteiger partial charge in [0.15, 0.2) is 0 Å². The molecule has 1 aromatic carbocycles. The molecule has 4 heteroatoms. The first-order chi connectivity index (χ1) is 10.1. The van der Waals surface area contributed by atoms with Crippen molar-refractivity contribution in [1.82, 2.24) is 0 Å². The first-order valence-electron chi connectivity index (χ1n) is 7.94. The maximum absolute atomic E-state index is 13.5. The average Bonchev–Trinajstić information content (AvgIpc) is 2.86. The molecule has 1 saturated carbocycles. The molecule has 1 heterocycles. The Bertz CT molecular complexity index is 498. The Kier molecular flexibility index (Phi) is 4.18. The maximum Gasteiger partial charge on any atom is 0.127 e. The highest BCUT2D eigenvalue weighted by Crippen LogP contribution is 2.41. The second-order valence-electron chi connectivity index (χ2n) is 6.44. The Morgan fingerprint density at radius 3 is 2.86 bits per heavy atom. The van der Waals surface area contributed by atoms with E-state index in [4.69, 9.17) is 15.2 Å². The quantitative estimate of drug-likeness (QED) is 0.924. The predicted molar refractivity (Wildman–Crippen MR) is 79.8 cm³/mol. The minimum Gasteiger partial charge on any atom is -0.490 e. The highest BCUT2D eigenvalue weighted by atomic mass is 19.1. The second kappa shape index (κ2) is 5.93. The van der Waals surface area contributed by atoms with Gasteiger partial charge in [-0.05, 0) is 25.8 Å². The summed E-state index contributed by atoms with van der Waals surface area (Å²) in [7, 11) is 0. The fourth-order valence-corrected chi connectivity index (χ4v) is 3.62. The van der Waals surface area contributed by atoms with Crippen molar-refractivity contribution >= 4 is 0 Å². The van der Waals surface area contributed by atoms with E-state index in [2.05, 4.69) is 0 Å². The lowest BCUT2D eigenvalue weighted by atomic mass is 9.90. The van der Waals surface area contributed by atoms with Gasteiger partial charge >= 0.3 is 0 Å². The second-order valence-corrected chi connectivity index (χ2v) is 6.44. The van der Waals surface area contributed by atoms with E-state index < -0.39 is 0 Å². The van der Waals surface area contributed by atoms with Crippen LogP contribution in [0.4, 0.5) is 4.39 Å². The fraction of sp³-hybridized carbons (Fsp3) is 0.647. The highest BCUT2D eigenvalue weighted by Gasteiger charge is 2.40.